The zero-order chi connectivity index (χ0) is 19.9. The van der Waals surface area contributed by atoms with Crippen LogP contribution in [0.25, 0.3) is 0 Å². The molecule has 4 aliphatic carbocycles. The van der Waals surface area contributed by atoms with E-state index in [0.29, 0.717) is 12.2 Å². The molecule has 28 heavy (non-hydrogen) atoms. The Kier molecular flexibility index (Phi) is 4.84. The zero-order valence-electron chi connectivity index (χ0n) is 16.1. The Morgan fingerprint density at radius 1 is 1.18 bits per heavy atom. The van der Waals surface area contributed by atoms with Crippen molar-refractivity contribution >= 4 is 17.6 Å². The number of amides is 2. The number of imidazole rings is 1. The molecule has 0 aromatic carbocycles. The van der Waals surface area contributed by atoms with Crippen molar-refractivity contribution in [2.24, 2.45) is 23.2 Å². The molecule has 4 bridgehead atoms. The average molecular weight is 389 g/mol. The lowest BCUT2D eigenvalue weighted by atomic mass is 9.49. The van der Waals surface area contributed by atoms with E-state index in [-0.39, 0.29) is 36.0 Å². The van der Waals surface area contributed by atoms with Gasteiger partial charge < -0.3 is 14.7 Å². The SMILES string of the molecule is Cc1nc([N+](=O)[O-])cn1CCC(=O)NNC(=O)CC12CC3CC(CC(C3)C1)C2. The summed E-state index contributed by atoms with van der Waals surface area (Å²) in [6, 6.07) is 0. The molecule has 1 aromatic rings. The lowest BCUT2D eigenvalue weighted by Crippen LogP contribution is -2.50. The van der Waals surface area contributed by atoms with Crippen molar-refractivity contribution in [1.82, 2.24) is 20.4 Å². The summed E-state index contributed by atoms with van der Waals surface area (Å²) in [6.07, 6.45) is 9.37. The smallest absolute Gasteiger partial charge is 0.358 e. The van der Waals surface area contributed by atoms with Crippen LogP contribution in [0.15, 0.2) is 6.20 Å². The molecule has 2 amide bonds. The molecule has 0 radical (unpaired) electrons. The molecular formula is C19H27N5O4. The second kappa shape index (κ2) is 7.18. The van der Waals surface area contributed by atoms with Gasteiger partial charge >= 0.3 is 5.82 Å². The van der Waals surface area contributed by atoms with Gasteiger partial charge in [0, 0.05) is 26.3 Å². The summed E-state index contributed by atoms with van der Waals surface area (Å²) in [5.41, 5.74) is 5.17. The van der Waals surface area contributed by atoms with Gasteiger partial charge in [-0.3, -0.25) is 20.4 Å². The molecule has 4 saturated carbocycles. The van der Waals surface area contributed by atoms with Crippen molar-refractivity contribution in [2.75, 3.05) is 0 Å². The number of carbonyl (C=O) groups is 2. The molecule has 4 fully saturated rings. The van der Waals surface area contributed by atoms with Crippen molar-refractivity contribution in [3.05, 3.63) is 22.1 Å². The van der Waals surface area contributed by atoms with E-state index in [9.17, 15) is 19.7 Å². The molecule has 9 nitrogen and oxygen atoms in total. The topological polar surface area (TPSA) is 119 Å². The summed E-state index contributed by atoms with van der Waals surface area (Å²) in [7, 11) is 0. The third-order valence-electron chi connectivity index (χ3n) is 6.77. The molecule has 0 unspecified atom stereocenters. The molecule has 0 aliphatic heterocycles. The van der Waals surface area contributed by atoms with Crippen LogP contribution >= 0.6 is 0 Å². The van der Waals surface area contributed by atoms with E-state index < -0.39 is 4.92 Å². The summed E-state index contributed by atoms with van der Waals surface area (Å²) < 4.78 is 1.56. The summed E-state index contributed by atoms with van der Waals surface area (Å²) >= 11 is 0. The monoisotopic (exact) mass is 389 g/mol. The Morgan fingerprint density at radius 3 is 2.29 bits per heavy atom. The van der Waals surface area contributed by atoms with E-state index >= 15 is 0 Å². The highest BCUT2D eigenvalue weighted by Gasteiger charge is 2.51. The second-order valence-corrected chi connectivity index (χ2v) is 9.04. The maximum Gasteiger partial charge on any atom is 0.381 e. The number of nitrogens with zero attached hydrogens (tertiary/aromatic N) is 3. The fourth-order valence-electron chi connectivity index (χ4n) is 6.12. The number of aromatic nitrogens is 2. The van der Waals surface area contributed by atoms with Crippen molar-refractivity contribution in [3.8, 4) is 0 Å². The normalized spacial score (nSPS) is 30.2. The second-order valence-electron chi connectivity index (χ2n) is 9.04. The molecule has 5 rings (SSSR count). The molecule has 152 valence electrons. The van der Waals surface area contributed by atoms with Gasteiger partial charge in [-0.25, -0.2) is 0 Å². The van der Waals surface area contributed by atoms with Gasteiger partial charge in [-0.2, -0.15) is 0 Å². The molecular weight excluding hydrogens is 362 g/mol. The zero-order valence-corrected chi connectivity index (χ0v) is 16.1. The van der Waals surface area contributed by atoms with Crippen LogP contribution < -0.4 is 10.9 Å². The Morgan fingerprint density at radius 2 is 1.75 bits per heavy atom. The van der Waals surface area contributed by atoms with Gasteiger partial charge in [0.15, 0.2) is 0 Å². The number of carbonyl (C=O) groups excluding carboxylic acids is 2. The number of rotatable bonds is 6. The van der Waals surface area contributed by atoms with E-state index in [1.807, 2.05) is 0 Å². The lowest BCUT2D eigenvalue weighted by molar-refractivity contribution is -0.389. The Bertz CT molecular complexity index is 767. The largest absolute Gasteiger partial charge is 0.381 e. The molecule has 9 heteroatoms. The first-order chi connectivity index (χ1) is 13.3. The van der Waals surface area contributed by atoms with Crippen LogP contribution in [0.5, 0.6) is 0 Å². The number of nitrogens with one attached hydrogen (secondary N) is 2. The molecule has 2 N–H and O–H groups in total. The van der Waals surface area contributed by atoms with Gasteiger partial charge in [-0.1, -0.05) is 0 Å². The molecule has 1 heterocycles. The van der Waals surface area contributed by atoms with Gasteiger partial charge in [0.2, 0.25) is 17.6 Å². The predicted octanol–water partition coefficient (Wildman–Crippen LogP) is 2.24. The first-order valence-electron chi connectivity index (χ1n) is 10.1. The first-order valence-corrected chi connectivity index (χ1v) is 10.1. The van der Waals surface area contributed by atoms with Gasteiger partial charge in [0.1, 0.15) is 6.20 Å². The van der Waals surface area contributed by atoms with Crippen LogP contribution in [-0.4, -0.2) is 26.3 Å². The average Bonchev–Trinajstić information content (AvgIpc) is 2.98. The van der Waals surface area contributed by atoms with Crippen molar-refractivity contribution in [1.29, 1.82) is 0 Å². The summed E-state index contributed by atoms with van der Waals surface area (Å²) in [6.45, 7) is 1.92. The quantitative estimate of drug-likeness (QED) is 0.571. The molecule has 4 aliphatic rings. The summed E-state index contributed by atoms with van der Waals surface area (Å²) in [4.78, 5) is 38.5. The summed E-state index contributed by atoms with van der Waals surface area (Å²) in [5.74, 6) is 2.16. The third kappa shape index (κ3) is 3.88. The van der Waals surface area contributed by atoms with Gasteiger partial charge in [0.05, 0.1) is 0 Å². The Balaban J connectivity index is 1.23. The van der Waals surface area contributed by atoms with Crippen LogP contribution in [0.2, 0.25) is 0 Å². The first kappa shape index (κ1) is 18.9. The molecule has 0 spiro atoms. The predicted molar refractivity (Wildman–Crippen MR) is 99.7 cm³/mol. The number of hydrogen-bond acceptors (Lipinski definition) is 5. The number of aryl methyl sites for hydroxylation is 2. The third-order valence-corrected chi connectivity index (χ3v) is 6.77. The van der Waals surface area contributed by atoms with Crippen molar-refractivity contribution < 1.29 is 14.5 Å². The fourth-order valence-corrected chi connectivity index (χ4v) is 6.12. The number of nitro groups is 1. The van der Waals surface area contributed by atoms with E-state index in [4.69, 9.17) is 0 Å². The molecule has 0 atom stereocenters. The van der Waals surface area contributed by atoms with Crippen LogP contribution in [0, 0.1) is 40.2 Å². The fraction of sp³-hybridized carbons (Fsp3) is 0.737. The van der Waals surface area contributed by atoms with Crippen molar-refractivity contribution in [3.63, 3.8) is 0 Å². The van der Waals surface area contributed by atoms with Crippen LogP contribution in [0.3, 0.4) is 0 Å². The van der Waals surface area contributed by atoms with Gasteiger partial charge in [-0.05, 0) is 71.6 Å². The summed E-state index contributed by atoms with van der Waals surface area (Å²) in [5, 5.41) is 10.7. The van der Waals surface area contributed by atoms with Crippen LogP contribution in [-0.2, 0) is 16.1 Å². The highest BCUT2D eigenvalue weighted by atomic mass is 16.6. The Labute approximate surface area is 163 Å². The minimum Gasteiger partial charge on any atom is -0.358 e. The standard InChI is InChI=1S/C19H27N5O4/c1-12-20-16(24(27)28)11-23(12)3-2-17(25)21-22-18(26)10-19-7-13-4-14(8-19)6-15(5-13)9-19/h11,13-15H,2-10H2,1H3,(H,21,25)(H,22,26). The molecule has 0 saturated heterocycles. The Hall–Kier alpha value is -2.45. The lowest BCUT2D eigenvalue weighted by Gasteiger charge is -2.56. The van der Waals surface area contributed by atoms with Crippen LogP contribution in [0.4, 0.5) is 5.82 Å². The maximum absolute atomic E-state index is 12.4. The molecule has 1 aromatic heterocycles. The minimum atomic E-state index is -0.561. The van der Waals surface area contributed by atoms with Crippen LogP contribution in [0.1, 0.15) is 57.2 Å². The van der Waals surface area contributed by atoms with Crippen molar-refractivity contribution in [2.45, 2.75) is 64.8 Å². The van der Waals surface area contributed by atoms with E-state index in [1.165, 1.54) is 25.5 Å². The van der Waals surface area contributed by atoms with E-state index in [1.54, 1.807) is 11.5 Å². The highest BCUT2D eigenvalue weighted by Crippen LogP contribution is 2.61. The number of hydrazine groups is 1. The van der Waals surface area contributed by atoms with Gasteiger partial charge in [0.25, 0.3) is 0 Å². The van der Waals surface area contributed by atoms with Gasteiger partial charge in [-0.15, -0.1) is 0 Å². The van der Waals surface area contributed by atoms with E-state index in [2.05, 4.69) is 15.8 Å². The minimum absolute atomic E-state index is 0.103. The van der Waals surface area contributed by atoms with E-state index in [0.717, 1.165) is 37.0 Å². The highest BCUT2D eigenvalue weighted by molar-refractivity contribution is 5.82. The maximum atomic E-state index is 12.4. The number of hydrogen-bond donors (Lipinski definition) is 2.